The topological polar surface area (TPSA) is 24.9 Å². The number of nitrogens with one attached hydrogen (secondary N) is 1. The summed E-state index contributed by atoms with van der Waals surface area (Å²) < 4.78 is 28.1. The van der Waals surface area contributed by atoms with E-state index >= 15 is 0 Å². The van der Waals surface area contributed by atoms with Gasteiger partial charge < -0.3 is 5.32 Å². The normalized spacial score (nSPS) is 12.7. The first kappa shape index (κ1) is 15.1. The van der Waals surface area contributed by atoms with Crippen molar-refractivity contribution in [2.24, 2.45) is 0 Å². The number of nitrogens with zero attached hydrogens (tertiary/aromatic N) is 1. The molecule has 0 saturated heterocycles. The third kappa shape index (κ3) is 3.04. The molecule has 0 bridgehead atoms. The van der Waals surface area contributed by atoms with E-state index in [1.807, 2.05) is 20.8 Å². The van der Waals surface area contributed by atoms with Crippen molar-refractivity contribution in [2.45, 2.75) is 33.2 Å². The zero-order valence-corrected chi connectivity index (χ0v) is 12.7. The molecule has 0 saturated carbocycles. The first-order chi connectivity index (χ1) is 9.54. The Morgan fingerprint density at radius 1 is 1.25 bits per heavy atom. The van der Waals surface area contributed by atoms with E-state index in [1.54, 1.807) is 0 Å². The number of thiazole rings is 1. The van der Waals surface area contributed by atoms with Gasteiger partial charge in [0.2, 0.25) is 0 Å². The molecule has 1 unspecified atom stereocenters. The van der Waals surface area contributed by atoms with Crippen LogP contribution in [0.1, 0.15) is 40.5 Å². The largest absolute Gasteiger partial charge is 0.305 e. The van der Waals surface area contributed by atoms with Crippen molar-refractivity contribution in [3.8, 4) is 0 Å². The van der Waals surface area contributed by atoms with Crippen molar-refractivity contribution in [1.82, 2.24) is 10.3 Å². The van der Waals surface area contributed by atoms with Crippen molar-refractivity contribution < 1.29 is 8.78 Å². The van der Waals surface area contributed by atoms with Gasteiger partial charge in [-0.3, -0.25) is 0 Å². The van der Waals surface area contributed by atoms with Crippen LogP contribution in [0.2, 0.25) is 0 Å². The Kier molecular flexibility index (Phi) is 4.83. The summed E-state index contributed by atoms with van der Waals surface area (Å²) in [6.45, 7) is 6.48. The molecule has 0 radical (unpaired) electrons. The second kappa shape index (κ2) is 6.41. The molecular weight excluding hydrogens is 278 g/mol. The zero-order chi connectivity index (χ0) is 14.7. The summed E-state index contributed by atoms with van der Waals surface area (Å²) in [7, 11) is 0. The van der Waals surface area contributed by atoms with Gasteiger partial charge in [-0.25, -0.2) is 13.8 Å². The molecule has 0 amide bonds. The van der Waals surface area contributed by atoms with E-state index in [1.165, 1.54) is 29.5 Å². The smallest absolute Gasteiger partial charge is 0.131 e. The summed E-state index contributed by atoms with van der Waals surface area (Å²) in [5.74, 6) is -1.05. The Labute approximate surface area is 121 Å². The van der Waals surface area contributed by atoms with Gasteiger partial charge in [-0.2, -0.15) is 0 Å². The van der Waals surface area contributed by atoms with E-state index in [4.69, 9.17) is 0 Å². The highest BCUT2D eigenvalue weighted by molar-refractivity contribution is 7.11. The Balaban J connectivity index is 2.50. The molecule has 1 N–H and O–H groups in total. The molecular formula is C15H18F2N2S. The van der Waals surface area contributed by atoms with Crippen LogP contribution in [-0.4, -0.2) is 11.5 Å². The lowest BCUT2D eigenvalue weighted by Crippen LogP contribution is -2.25. The highest BCUT2D eigenvalue weighted by Gasteiger charge is 2.24. The molecule has 5 heteroatoms. The summed E-state index contributed by atoms with van der Waals surface area (Å²) in [5.41, 5.74) is 0.899. The van der Waals surface area contributed by atoms with Crippen molar-refractivity contribution >= 4 is 11.3 Å². The van der Waals surface area contributed by atoms with Crippen LogP contribution >= 0.6 is 11.3 Å². The predicted octanol–water partition coefficient (Wildman–Crippen LogP) is 4.13. The summed E-state index contributed by atoms with van der Waals surface area (Å²) in [6, 6.07) is 3.49. The fourth-order valence-corrected chi connectivity index (χ4v) is 3.23. The quantitative estimate of drug-likeness (QED) is 0.897. The standard InChI is InChI=1S/C15H18F2N2S/c1-4-8-18-14(15-9(2)19-10(3)20-15)13-11(16)6-5-7-12(13)17/h5-7,14,18H,4,8H2,1-3H3. The lowest BCUT2D eigenvalue weighted by Gasteiger charge is -2.19. The van der Waals surface area contributed by atoms with Crippen LogP contribution in [0.4, 0.5) is 8.78 Å². The van der Waals surface area contributed by atoms with Gasteiger partial charge in [0.25, 0.3) is 0 Å². The molecule has 0 aliphatic carbocycles. The van der Waals surface area contributed by atoms with Gasteiger partial charge in [0.15, 0.2) is 0 Å². The first-order valence-corrected chi connectivity index (χ1v) is 7.47. The van der Waals surface area contributed by atoms with Gasteiger partial charge in [0, 0.05) is 10.4 Å². The molecule has 2 nitrogen and oxygen atoms in total. The third-order valence-corrected chi connectivity index (χ3v) is 4.23. The van der Waals surface area contributed by atoms with Gasteiger partial charge in [0.1, 0.15) is 11.6 Å². The average Bonchev–Trinajstić information content (AvgIpc) is 2.72. The van der Waals surface area contributed by atoms with E-state index in [0.29, 0.717) is 6.54 Å². The first-order valence-electron chi connectivity index (χ1n) is 6.65. The Morgan fingerprint density at radius 2 is 1.90 bits per heavy atom. The van der Waals surface area contributed by atoms with Gasteiger partial charge in [-0.1, -0.05) is 13.0 Å². The van der Waals surface area contributed by atoms with E-state index in [0.717, 1.165) is 22.0 Å². The molecule has 1 aromatic carbocycles. The van der Waals surface area contributed by atoms with Crippen LogP contribution in [0.25, 0.3) is 0 Å². The fraction of sp³-hybridized carbons (Fsp3) is 0.400. The molecule has 2 aromatic rings. The van der Waals surface area contributed by atoms with Crippen LogP contribution in [0.15, 0.2) is 18.2 Å². The van der Waals surface area contributed by atoms with Gasteiger partial charge in [-0.05, 0) is 38.9 Å². The van der Waals surface area contributed by atoms with E-state index in [-0.39, 0.29) is 5.56 Å². The zero-order valence-electron chi connectivity index (χ0n) is 11.8. The number of halogens is 2. The Bertz CT molecular complexity index is 575. The summed E-state index contributed by atoms with van der Waals surface area (Å²) >= 11 is 1.48. The minimum atomic E-state index is -0.524. The molecule has 0 fully saturated rings. The molecule has 0 aliphatic rings. The SMILES string of the molecule is CCCNC(c1sc(C)nc1C)c1c(F)cccc1F. The van der Waals surface area contributed by atoms with Gasteiger partial charge in [0.05, 0.1) is 16.7 Å². The monoisotopic (exact) mass is 296 g/mol. The molecule has 20 heavy (non-hydrogen) atoms. The maximum atomic E-state index is 14.1. The number of aryl methyl sites for hydroxylation is 2. The summed E-state index contributed by atoms with van der Waals surface area (Å²) in [5, 5.41) is 4.13. The maximum Gasteiger partial charge on any atom is 0.131 e. The minimum absolute atomic E-state index is 0.0766. The van der Waals surface area contributed by atoms with Crippen LogP contribution in [0.5, 0.6) is 0 Å². The average molecular weight is 296 g/mol. The molecule has 108 valence electrons. The Hall–Kier alpha value is -1.33. The molecule has 2 rings (SSSR count). The van der Waals surface area contributed by atoms with Crippen LogP contribution in [0.3, 0.4) is 0 Å². The van der Waals surface area contributed by atoms with Crippen LogP contribution in [0, 0.1) is 25.5 Å². The highest BCUT2D eigenvalue weighted by atomic mass is 32.1. The number of aromatic nitrogens is 1. The van der Waals surface area contributed by atoms with E-state index in [9.17, 15) is 8.78 Å². The number of rotatable bonds is 5. The van der Waals surface area contributed by atoms with Crippen LogP contribution in [-0.2, 0) is 0 Å². The lowest BCUT2D eigenvalue weighted by molar-refractivity contribution is 0.505. The third-order valence-electron chi connectivity index (χ3n) is 3.09. The van der Waals surface area contributed by atoms with E-state index in [2.05, 4.69) is 10.3 Å². The predicted molar refractivity (Wildman–Crippen MR) is 78.1 cm³/mol. The van der Waals surface area contributed by atoms with Crippen molar-refractivity contribution in [3.05, 3.63) is 51.0 Å². The molecule has 0 spiro atoms. The molecule has 1 atom stereocenters. The van der Waals surface area contributed by atoms with Crippen molar-refractivity contribution in [2.75, 3.05) is 6.54 Å². The maximum absolute atomic E-state index is 14.1. The molecule has 0 aliphatic heterocycles. The molecule has 1 aromatic heterocycles. The summed E-state index contributed by atoms with van der Waals surface area (Å²) in [4.78, 5) is 5.23. The van der Waals surface area contributed by atoms with Crippen molar-refractivity contribution in [1.29, 1.82) is 0 Å². The lowest BCUT2D eigenvalue weighted by atomic mass is 10.0. The second-order valence-corrected chi connectivity index (χ2v) is 5.94. The number of benzene rings is 1. The van der Waals surface area contributed by atoms with Gasteiger partial charge >= 0.3 is 0 Å². The highest BCUT2D eigenvalue weighted by Crippen LogP contribution is 2.32. The van der Waals surface area contributed by atoms with Gasteiger partial charge in [-0.15, -0.1) is 11.3 Å². The van der Waals surface area contributed by atoms with Crippen molar-refractivity contribution in [3.63, 3.8) is 0 Å². The Morgan fingerprint density at radius 3 is 2.40 bits per heavy atom. The second-order valence-electron chi connectivity index (χ2n) is 4.71. The molecule has 1 heterocycles. The number of hydrogen-bond acceptors (Lipinski definition) is 3. The summed E-state index contributed by atoms with van der Waals surface area (Å²) in [6.07, 6.45) is 0.892. The fourth-order valence-electron chi connectivity index (χ4n) is 2.22. The number of hydrogen-bond donors (Lipinski definition) is 1. The minimum Gasteiger partial charge on any atom is -0.305 e. The van der Waals surface area contributed by atoms with E-state index < -0.39 is 17.7 Å². The van der Waals surface area contributed by atoms with Crippen LogP contribution < -0.4 is 5.32 Å².